The van der Waals surface area contributed by atoms with Gasteiger partial charge in [-0.05, 0) is 24.7 Å². The predicted molar refractivity (Wildman–Crippen MR) is 74.7 cm³/mol. The zero-order chi connectivity index (χ0) is 15.1. The molecule has 3 aliphatic rings. The van der Waals surface area contributed by atoms with E-state index in [0.717, 1.165) is 19.3 Å². The zero-order valence-electron chi connectivity index (χ0n) is 12.3. The second-order valence-electron chi connectivity index (χ2n) is 6.06. The maximum atomic E-state index is 12.5. The second-order valence-corrected chi connectivity index (χ2v) is 7.99. The highest BCUT2D eigenvalue weighted by molar-refractivity contribution is 7.86. The lowest BCUT2D eigenvalue weighted by Gasteiger charge is -2.36. The van der Waals surface area contributed by atoms with E-state index in [1.54, 1.807) is 4.31 Å². The highest BCUT2D eigenvalue weighted by Gasteiger charge is 2.60. The number of esters is 1. The molecule has 0 aromatic heterocycles. The van der Waals surface area contributed by atoms with Gasteiger partial charge in [0.2, 0.25) is 0 Å². The molecule has 1 saturated carbocycles. The Morgan fingerprint density at radius 3 is 2.29 bits per heavy atom. The van der Waals surface area contributed by atoms with E-state index in [-0.39, 0.29) is 17.3 Å². The third-order valence-electron chi connectivity index (χ3n) is 5.02. The number of hydrogen-bond donors (Lipinski definition) is 0. The molecule has 3 rings (SSSR count). The van der Waals surface area contributed by atoms with Crippen LogP contribution < -0.4 is 0 Å². The van der Waals surface area contributed by atoms with Crippen LogP contribution in [-0.4, -0.2) is 69.5 Å². The first kappa shape index (κ1) is 15.2. The minimum Gasteiger partial charge on any atom is -0.469 e. The van der Waals surface area contributed by atoms with E-state index >= 15 is 0 Å². The summed E-state index contributed by atoms with van der Waals surface area (Å²) in [6.07, 6.45) is 2.33. The lowest BCUT2D eigenvalue weighted by atomic mass is 9.92. The number of piperidine rings is 1. The van der Waals surface area contributed by atoms with Gasteiger partial charge in [-0.25, -0.2) is 0 Å². The van der Waals surface area contributed by atoms with Gasteiger partial charge in [0.1, 0.15) is 0 Å². The summed E-state index contributed by atoms with van der Waals surface area (Å²) in [7, 11) is -1.97. The fraction of sp³-hybridized carbons (Fsp3) is 0.923. The molecule has 0 aromatic rings. The molecule has 1 aliphatic carbocycles. The summed E-state index contributed by atoms with van der Waals surface area (Å²) in [6, 6.07) is 0. The van der Waals surface area contributed by atoms with Crippen LogP contribution in [0.15, 0.2) is 0 Å². The van der Waals surface area contributed by atoms with Crippen molar-refractivity contribution in [1.82, 2.24) is 8.61 Å². The summed E-state index contributed by atoms with van der Waals surface area (Å²) in [5.41, 5.74) is -0.00980. The van der Waals surface area contributed by atoms with E-state index in [2.05, 4.69) is 0 Å². The van der Waals surface area contributed by atoms with Crippen LogP contribution in [0.3, 0.4) is 0 Å². The molecule has 2 aliphatic heterocycles. The minimum atomic E-state index is -3.38. The highest BCUT2D eigenvalue weighted by atomic mass is 32.2. The van der Waals surface area contributed by atoms with Crippen molar-refractivity contribution in [2.24, 2.45) is 11.3 Å². The minimum absolute atomic E-state index is 0.00980. The second kappa shape index (κ2) is 5.49. The van der Waals surface area contributed by atoms with Gasteiger partial charge in [0.15, 0.2) is 0 Å². The van der Waals surface area contributed by atoms with Gasteiger partial charge < -0.3 is 9.47 Å². The Bertz CT molecular complexity index is 507. The van der Waals surface area contributed by atoms with Crippen LogP contribution in [0.4, 0.5) is 0 Å². The van der Waals surface area contributed by atoms with Crippen molar-refractivity contribution in [3.05, 3.63) is 0 Å². The van der Waals surface area contributed by atoms with Crippen LogP contribution in [0, 0.1) is 11.3 Å². The number of ether oxygens (including phenoxy) is 2. The van der Waals surface area contributed by atoms with Crippen molar-refractivity contribution in [1.29, 1.82) is 0 Å². The Balaban J connectivity index is 1.60. The van der Waals surface area contributed by atoms with Gasteiger partial charge in [-0.2, -0.15) is 17.0 Å². The van der Waals surface area contributed by atoms with E-state index in [1.807, 2.05) is 0 Å². The number of morpholine rings is 1. The summed E-state index contributed by atoms with van der Waals surface area (Å²) in [4.78, 5) is 11.6. The van der Waals surface area contributed by atoms with Crippen molar-refractivity contribution in [3.8, 4) is 0 Å². The Morgan fingerprint density at radius 2 is 1.71 bits per heavy atom. The quantitative estimate of drug-likeness (QED) is 0.676. The Kier molecular flexibility index (Phi) is 3.98. The summed E-state index contributed by atoms with van der Waals surface area (Å²) in [5, 5.41) is 0. The summed E-state index contributed by atoms with van der Waals surface area (Å²) >= 11 is 0. The SMILES string of the molecule is COC(=O)C1CC12CCN(S(=O)(=O)N1CCOCC1)CC2. The zero-order valence-corrected chi connectivity index (χ0v) is 13.1. The standard InChI is InChI=1S/C13H22N2O5S/c1-19-12(16)11-10-13(11)2-4-14(5-3-13)21(17,18)15-6-8-20-9-7-15/h11H,2-10H2,1H3. The molecule has 0 radical (unpaired) electrons. The number of carbonyl (C=O) groups is 1. The molecule has 120 valence electrons. The maximum Gasteiger partial charge on any atom is 0.309 e. The number of nitrogens with zero attached hydrogens (tertiary/aromatic N) is 2. The molecule has 0 aromatic carbocycles. The third kappa shape index (κ3) is 2.69. The van der Waals surface area contributed by atoms with Crippen molar-refractivity contribution < 1.29 is 22.7 Å². The van der Waals surface area contributed by atoms with E-state index in [1.165, 1.54) is 11.4 Å². The average Bonchev–Trinajstić information content (AvgIpc) is 3.21. The molecule has 1 spiro atoms. The summed E-state index contributed by atoms with van der Waals surface area (Å²) in [5.74, 6) is -0.185. The molecule has 3 fully saturated rings. The molecule has 8 heteroatoms. The molecule has 2 saturated heterocycles. The number of carbonyl (C=O) groups excluding carboxylic acids is 1. The maximum absolute atomic E-state index is 12.5. The largest absolute Gasteiger partial charge is 0.469 e. The third-order valence-corrected chi connectivity index (χ3v) is 7.05. The lowest BCUT2D eigenvalue weighted by molar-refractivity contribution is -0.143. The first-order valence-corrected chi connectivity index (χ1v) is 8.80. The van der Waals surface area contributed by atoms with Gasteiger partial charge in [-0.15, -0.1) is 0 Å². The fourth-order valence-electron chi connectivity index (χ4n) is 3.48. The normalized spacial score (nSPS) is 30.2. The molecule has 0 N–H and O–H groups in total. The van der Waals surface area contributed by atoms with E-state index in [0.29, 0.717) is 39.4 Å². The van der Waals surface area contributed by atoms with E-state index in [4.69, 9.17) is 9.47 Å². The Labute approximate surface area is 125 Å². The fourth-order valence-corrected chi connectivity index (χ4v) is 5.06. The van der Waals surface area contributed by atoms with Crippen molar-refractivity contribution in [3.63, 3.8) is 0 Å². The first-order valence-electron chi connectivity index (χ1n) is 7.40. The van der Waals surface area contributed by atoms with Crippen molar-refractivity contribution >= 4 is 16.2 Å². The average molecular weight is 318 g/mol. The Morgan fingerprint density at radius 1 is 1.14 bits per heavy atom. The topological polar surface area (TPSA) is 76.2 Å². The van der Waals surface area contributed by atoms with Gasteiger partial charge in [0.05, 0.1) is 26.2 Å². The molecular weight excluding hydrogens is 296 g/mol. The smallest absolute Gasteiger partial charge is 0.309 e. The number of rotatable bonds is 3. The molecule has 2 heterocycles. The van der Waals surface area contributed by atoms with Gasteiger partial charge in [0.25, 0.3) is 10.2 Å². The summed E-state index contributed by atoms with van der Waals surface area (Å²) in [6.45, 7) is 2.76. The van der Waals surface area contributed by atoms with E-state index in [9.17, 15) is 13.2 Å². The molecule has 0 amide bonds. The van der Waals surface area contributed by atoms with Crippen LogP contribution in [0.1, 0.15) is 19.3 Å². The molecular formula is C13H22N2O5S. The number of methoxy groups -OCH3 is 1. The Hall–Kier alpha value is -0.700. The van der Waals surface area contributed by atoms with Gasteiger partial charge in [0, 0.05) is 26.2 Å². The number of hydrogen-bond acceptors (Lipinski definition) is 5. The van der Waals surface area contributed by atoms with Gasteiger partial charge in [-0.1, -0.05) is 0 Å². The van der Waals surface area contributed by atoms with Crippen LogP contribution in [0.5, 0.6) is 0 Å². The van der Waals surface area contributed by atoms with Crippen LogP contribution in [-0.2, 0) is 24.5 Å². The summed E-state index contributed by atoms with van der Waals surface area (Å²) < 4.78 is 38.1. The molecule has 1 atom stereocenters. The molecule has 0 bridgehead atoms. The lowest BCUT2D eigenvalue weighted by Crippen LogP contribution is -2.51. The molecule has 21 heavy (non-hydrogen) atoms. The van der Waals surface area contributed by atoms with Crippen molar-refractivity contribution in [2.75, 3.05) is 46.5 Å². The van der Waals surface area contributed by atoms with Crippen LogP contribution in [0.2, 0.25) is 0 Å². The van der Waals surface area contributed by atoms with Crippen LogP contribution >= 0.6 is 0 Å². The predicted octanol–water partition coefficient (Wildman–Crippen LogP) is -0.161. The monoisotopic (exact) mass is 318 g/mol. The van der Waals surface area contributed by atoms with Gasteiger partial charge >= 0.3 is 5.97 Å². The van der Waals surface area contributed by atoms with Crippen LogP contribution in [0.25, 0.3) is 0 Å². The highest BCUT2D eigenvalue weighted by Crippen LogP contribution is 2.60. The van der Waals surface area contributed by atoms with E-state index < -0.39 is 10.2 Å². The molecule has 7 nitrogen and oxygen atoms in total. The first-order chi connectivity index (χ1) is 9.99. The molecule has 1 unspecified atom stereocenters. The van der Waals surface area contributed by atoms with Crippen molar-refractivity contribution in [2.45, 2.75) is 19.3 Å². The van der Waals surface area contributed by atoms with Gasteiger partial charge in [-0.3, -0.25) is 4.79 Å².